The topological polar surface area (TPSA) is 52.3 Å². The van der Waals surface area contributed by atoms with Crippen molar-refractivity contribution in [1.29, 1.82) is 0 Å². The van der Waals surface area contributed by atoms with Gasteiger partial charge in [-0.05, 0) is 29.8 Å². The third-order valence-corrected chi connectivity index (χ3v) is 3.01. The van der Waals surface area contributed by atoms with Crippen molar-refractivity contribution in [3.05, 3.63) is 52.8 Å². The third kappa shape index (κ3) is 2.69. The van der Waals surface area contributed by atoms with E-state index in [1.807, 2.05) is 0 Å². The van der Waals surface area contributed by atoms with Crippen molar-refractivity contribution in [2.24, 2.45) is 0 Å². The Balaban J connectivity index is 2.52. The summed E-state index contributed by atoms with van der Waals surface area (Å²) in [5.74, 6) is -0.885. The van der Waals surface area contributed by atoms with E-state index in [4.69, 9.17) is 17.3 Å². The van der Waals surface area contributed by atoms with Gasteiger partial charge in [0.15, 0.2) is 0 Å². The number of anilines is 1. The lowest BCUT2D eigenvalue weighted by Gasteiger charge is -2.09. The van der Waals surface area contributed by atoms with E-state index >= 15 is 0 Å². The molecule has 19 heavy (non-hydrogen) atoms. The van der Waals surface area contributed by atoms with Crippen LogP contribution in [-0.4, -0.2) is 13.1 Å². The summed E-state index contributed by atoms with van der Waals surface area (Å²) in [5, 5.41) is 0.348. The number of nitrogen functional groups attached to an aromatic ring is 1. The van der Waals surface area contributed by atoms with Crippen molar-refractivity contribution >= 4 is 23.3 Å². The lowest BCUT2D eigenvalue weighted by molar-refractivity contribution is 0.0602. The fourth-order valence-electron chi connectivity index (χ4n) is 1.73. The Hall–Kier alpha value is -2.07. The molecule has 0 aliphatic heterocycles. The Morgan fingerprint density at radius 1 is 1.26 bits per heavy atom. The molecule has 0 atom stereocenters. The van der Waals surface area contributed by atoms with Gasteiger partial charge < -0.3 is 10.5 Å². The van der Waals surface area contributed by atoms with E-state index in [0.29, 0.717) is 10.6 Å². The van der Waals surface area contributed by atoms with Crippen LogP contribution in [0.15, 0.2) is 36.4 Å². The molecular weight excluding hydrogens is 269 g/mol. The maximum absolute atomic E-state index is 12.9. The van der Waals surface area contributed by atoms with Crippen LogP contribution in [0.2, 0.25) is 5.02 Å². The maximum Gasteiger partial charge on any atom is 0.340 e. The number of benzene rings is 2. The van der Waals surface area contributed by atoms with Crippen molar-refractivity contribution in [2.45, 2.75) is 0 Å². The Bertz CT molecular complexity index is 626. The van der Waals surface area contributed by atoms with E-state index in [-0.39, 0.29) is 17.1 Å². The lowest BCUT2D eigenvalue weighted by atomic mass is 10.0. The monoisotopic (exact) mass is 279 g/mol. The van der Waals surface area contributed by atoms with Gasteiger partial charge in [-0.2, -0.15) is 0 Å². The summed E-state index contributed by atoms with van der Waals surface area (Å²) in [6, 6.07) is 8.86. The minimum Gasteiger partial charge on any atom is -0.465 e. The molecule has 0 aliphatic rings. The molecule has 2 aromatic carbocycles. The van der Waals surface area contributed by atoms with Gasteiger partial charge in [-0.25, -0.2) is 9.18 Å². The molecular formula is C14H11ClFNO2. The molecule has 0 unspecified atom stereocenters. The number of nitrogens with two attached hydrogens (primary N) is 1. The molecule has 0 saturated heterocycles. The van der Waals surface area contributed by atoms with Crippen LogP contribution in [0, 0.1) is 5.82 Å². The van der Waals surface area contributed by atoms with Gasteiger partial charge in [0.25, 0.3) is 0 Å². The van der Waals surface area contributed by atoms with Crippen LogP contribution in [0.4, 0.5) is 10.1 Å². The van der Waals surface area contributed by atoms with Crippen molar-refractivity contribution in [3.8, 4) is 11.1 Å². The number of hydrogen-bond acceptors (Lipinski definition) is 3. The Morgan fingerprint density at radius 2 is 1.89 bits per heavy atom. The molecule has 2 aromatic rings. The molecule has 0 radical (unpaired) electrons. The van der Waals surface area contributed by atoms with Crippen LogP contribution in [0.1, 0.15) is 10.4 Å². The molecule has 2 rings (SSSR count). The van der Waals surface area contributed by atoms with Gasteiger partial charge in [0.1, 0.15) is 5.82 Å². The molecule has 0 heterocycles. The number of ether oxygens (including phenoxy) is 1. The molecule has 2 N–H and O–H groups in total. The van der Waals surface area contributed by atoms with Gasteiger partial charge in [-0.15, -0.1) is 0 Å². The number of carbonyl (C=O) groups excluding carboxylic acids is 1. The van der Waals surface area contributed by atoms with E-state index < -0.39 is 5.97 Å². The molecule has 0 amide bonds. The maximum atomic E-state index is 12.9. The molecule has 0 aromatic heterocycles. The quantitative estimate of drug-likeness (QED) is 0.676. The summed E-state index contributed by atoms with van der Waals surface area (Å²) in [7, 11) is 1.27. The first-order valence-electron chi connectivity index (χ1n) is 5.46. The number of carbonyl (C=O) groups is 1. The molecule has 98 valence electrons. The van der Waals surface area contributed by atoms with E-state index in [1.54, 1.807) is 18.2 Å². The first-order chi connectivity index (χ1) is 9.02. The highest BCUT2D eigenvalue weighted by Gasteiger charge is 2.14. The Kier molecular flexibility index (Phi) is 3.71. The summed E-state index contributed by atoms with van der Waals surface area (Å²) in [6.07, 6.45) is 0. The molecule has 0 spiro atoms. The zero-order valence-corrected chi connectivity index (χ0v) is 10.9. The molecule has 3 nitrogen and oxygen atoms in total. The number of methoxy groups -OCH3 is 1. The second kappa shape index (κ2) is 5.28. The van der Waals surface area contributed by atoms with E-state index in [0.717, 1.165) is 5.56 Å². The van der Waals surface area contributed by atoms with E-state index in [2.05, 4.69) is 4.74 Å². The van der Waals surface area contributed by atoms with Crippen LogP contribution in [0.5, 0.6) is 0 Å². The third-order valence-electron chi connectivity index (χ3n) is 2.70. The highest BCUT2D eigenvalue weighted by Crippen LogP contribution is 2.32. The highest BCUT2D eigenvalue weighted by molar-refractivity contribution is 6.34. The largest absolute Gasteiger partial charge is 0.465 e. The van der Waals surface area contributed by atoms with Crippen LogP contribution in [0.3, 0.4) is 0 Å². The lowest BCUT2D eigenvalue weighted by Crippen LogP contribution is -2.06. The SMILES string of the molecule is COC(=O)c1cc(Cl)c(-c2ccc(F)cc2)cc1N. The van der Waals surface area contributed by atoms with E-state index in [9.17, 15) is 9.18 Å². The Labute approximate surface area is 114 Å². The van der Waals surface area contributed by atoms with E-state index in [1.165, 1.54) is 25.3 Å². The van der Waals surface area contributed by atoms with Crippen molar-refractivity contribution < 1.29 is 13.9 Å². The second-order valence-corrected chi connectivity index (χ2v) is 4.32. The standard InChI is InChI=1S/C14H11ClFNO2/c1-19-14(18)11-6-12(15)10(7-13(11)17)8-2-4-9(16)5-3-8/h2-7H,17H2,1H3. The average Bonchev–Trinajstić information content (AvgIpc) is 2.41. The predicted molar refractivity (Wildman–Crippen MR) is 72.6 cm³/mol. The van der Waals surface area contributed by atoms with Gasteiger partial charge >= 0.3 is 5.97 Å². The van der Waals surface area contributed by atoms with Crippen molar-refractivity contribution in [1.82, 2.24) is 0 Å². The minimum atomic E-state index is -0.551. The zero-order valence-electron chi connectivity index (χ0n) is 10.1. The number of esters is 1. The summed E-state index contributed by atoms with van der Waals surface area (Å²) >= 11 is 6.12. The molecule has 0 saturated carbocycles. The number of halogens is 2. The van der Waals surface area contributed by atoms with Gasteiger partial charge in [0.2, 0.25) is 0 Å². The molecule has 0 bridgehead atoms. The van der Waals surface area contributed by atoms with Gasteiger partial charge in [0, 0.05) is 16.3 Å². The summed E-state index contributed by atoms with van der Waals surface area (Å²) in [5.41, 5.74) is 7.62. The summed E-state index contributed by atoms with van der Waals surface area (Å²) < 4.78 is 17.5. The van der Waals surface area contributed by atoms with Gasteiger partial charge in [-0.1, -0.05) is 23.7 Å². The first-order valence-corrected chi connectivity index (χ1v) is 5.84. The predicted octanol–water partition coefficient (Wildman–Crippen LogP) is 3.51. The molecule has 0 aliphatic carbocycles. The van der Waals surface area contributed by atoms with Crippen molar-refractivity contribution in [3.63, 3.8) is 0 Å². The van der Waals surface area contributed by atoms with Gasteiger partial charge in [0.05, 0.1) is 12.7 Å². The molecule has 5 heteroatoms. The average molecular weight is 280 g/mol. The summed E-state index contributed by atoms with van der Waals surface area (Å²) in [6.45, 7) is 0. The normalized spacial score (nSPS) is 10.3. The van der Waals surface area contributed by atoms with Crippen LogP contribution >= 0.6 is 11.6 Å². The number of rotatable bonds is 2. The van der Waals surface area contributed by atoms with Crippen molar-refractivity contribution in [2.75, 3.05) is 12.8 Å². The first kappa shape index (κ1) is 13.4. The molecule has 0 fully saturated rings. The minimum absolute atomic E-state index is 0.207. The Morgan fingerprint density at radius 3 is 2.47 bits per heavy atom. The summed E-state index contributed by atoms with van der Waals surface area (Å²) in [4.78, 5) is 11.5. The van der Waals surface area contributed by atoms with Crippen LogP contribution in [-0.2, 0) is 4.74 Å². The highest BCUT2D eigenvalue weighted by atomic mass is 35.5. The zero-order chi connectivity index (χ0) is 14.0. The van der Waals surface area contributed by atoms with Crippen LogP contribution < -0.4 is 5.73 Å². The number of hydrogen-bond donors (Lipinski definition) is 1. The fourth-order valence-corrected chi connectivity index (χ4v) is 2.00. The van der Waals surface area contributed by atoms with Gasteiger partial charge in [-0.3, -0.25) is 0 Å². The smallest absolute Gasteiger partial charge is 0.340 e. The van der Waals surface area contributed by atoms with Crippen LogP contribution in [0.25, 0.3) is 11.1 Å². The second-order valence-electron chi connectivity index (χ2n) is 3.92. The fraction of sp³-hybridized carbons (Fsp3) is 0.0714.